The fraction of sp³-hybridized carbons (Fsp3) is 0.625. The lowest BCUT2D eigenvalue weighted by Crippen LogP contribution is -2.27. The summed E-state index contributed by atoms with van der Waals surface area (Å²) < 4.78 is 0. The summed E-state index contributed by atoms with van der Waals surface area (Å²) in [6, 6.07) is 6.19. The highest BCUT2D eigenvalue weighted by molar-refractivity contribution is 6.31. The van der Waals surface area contributed by atoms with E-state index < -0.39 is 0 Å². The molecule has 3 heteroatoms. The minimum Gasteiger partial charge on any atom is -0.371 e. The van der Waals surface area contributed by atoms with Crippen molar-refractivity contribution in [3.63, 3.8) is 0 Å². The maximum Gasteiger partial charge on any atom is 0.0459 e. The predicted octanol–water partition coefficient (Wildman–Crippen LogP) is 4.25. The molecule has 0 fully saturated rings. The summed E-state index contributed by atoms with van der Waals surface area (Å²) in [5.74, 6) is 0. The van der Waals surface area contributed by atoms with Gasteiger partial charge in [0.2, 0.25) is 0 Å². The smallest absolute Gasteiger partial charge is 0.0459 e. The Morgan fingerprint density at radius 1 is 1.11 bits per heavy atom. The van der Waals surface area contributed by atoms with Crippen molar-refractivity contribution < 1.29 is 0 Å². The summed E-state index contributed by atoms with van der Waals surface area (Å²) in [6.45, 7) is 7.32. The molecule has 0 aromatic heterocycles. The van der Waals surface area contributed by atoms with Gasteiger partial charge in [0.1, 0.15) is 0 Å². The van der Waals surface area contributed by atoms with Crippen LogP contribution in [0.15, 0.2) is 18.2 Å². The number of anilines is 1. The van der Waals surface area contributed by atoms with E-state index in [9.17, 15) is 0 Å². The average molecular weight is 283 g/mol. The first-order chi connectivity index (χ1) is 9.24. The molecule has 1 rings (SSSR count). The summed E-state index contributed by atoms with van der Waals surface area (Å²) in [4.78, 5) is 2.48. The highest BCUT2D eigenvalue weighted by Crippen LogP contribution is 2.28. The van der Waals surface area contributed by atoms with Crippen LogP contribution in [0.1, 0.15) is 45.1 Å². The topological polar surface area (TPSA) is 29.3 Å². The number of nitrogens with two attached hydrogens (primary N) is 1. The van der Waals surface area contributed by atoms with Crippen molar-refractivity contribution in [2.24, 2.45) is 5.73 Å². The minimum absolute atomic E-state index is 0.645. The zero-order valence-electron chi connectivity index (χ0n) is 12.3. The van der Waals surface area contributed by atoms with E-state index in [1.807, 2.05) is 12.1 Å². The number of unbranched alkanes of at least 4 members (excludes halogenated alkanes) is 2. The summed E-state index contributed by atoms with van der Waals surface area (Å²) in [7, 11) is 0. The van der Waals surface area contributed by atoms with E-state index in [1.54, 1.807) is 0 Å². The lowest BCUT2D eigenvalue weighted by atomic mass is 10.1. The van der Waals surface area contributed by atoms with Gasteiger partial charge in [0.25, 0.3) is 0 Å². The van der Waals surface area contributed by atoms with E-state index in [1.165, 1.54) is 36.9 Å². The predicted molar refractivity (Wildman–Crippen MR) is 86.2 cm³/mol. The molecule has 0 unspecified atom stereocenters. The van der Waals surface area contributed by atoms with Crippen molar-refractivity contribution in [2.45, 2.75) is 46.0 Å². The molecule has 0 saturated carbocycles. The van der Waals surface area contributed by atoms with Crippen LogP contribution in [0.2, 0.25) is 5.02 Å². The zero-order valence-corrected chi connectivity index (χ0v) is 13.0. The maximum absolute atomic E-state index is 6.34. The Balaban J connectivity index is 2.95. The molecule has 0 aliphatic carbocycles. The van der Waals surface area contributed by atoms with Crippen LogP contribution in [0.4, 0.5) is 5.69 Å². The number of benzene rings is 1. The Morgan fingerprint density at radius 3 is 2.26 bits per heavy atom. The van der Waals surface area contributed by atoms with Gasteiger partial charge in [0.15, 0.2) is 0 Å². The van der Waals surface area contributed by atoms with E-state index in [2.05, 4.69) is 24.8 Å². The Hall–Kier alpha value is -0.730. The highest BCUT2D eigenvalue weighted by Gasteiger charge is 2.12. The second kappa shape index (κ2) is 9.22. The van der Waals surface area contributed by atoms with Gasteiger partial charge in [-0.2, -0.15) is 0 Å². The first-order valence-corrected chi connectivity index (χ1v) is 7.84. The molecule has 0 aliphatic rings. The van der Waals surface area contributed by atoms with Crippen molar-refractivity contribution in [3.8, 4) is 0 Å². The molecule has 1 aromatic carbocycles. The molecule has 0 saturated heterocycles. The number of hydrogen-bond acceptors (Lipinski definition) is 2. The fourth-order valence-corrected chi connectivity index (χ4v) is 2.55. The second-order valence-electron chi connectivity index (χ2n) is 4.97. The zero-order chi connectivity index (χ0) is 14.1. The normalized spacial score (nSPS) is 10.7. The third kappa shape index (κ3) is 5.04. The molecular formula is C16H27ClN2. The van der Waals surface area contributed by atoms with Gasteiger partial charge < -0.3 is 10.6 Å². The Kier molecular flexibility index (Phi) is 7.92. The molecule has 0 bridgehead atoms. The van der Waals surface area contributed by atoms with Gasteiger partial charge in [0.05, 0.1) is 0 Å². The highest BCUT2D eigenvalue weighted by atomic mass is 35.5. The van der Waals surface area contributed by atoms with Gasteiger partial charge in [-0.05, 0) is 43.5 Å². The molecular weight excluding hydrogens is 256 g/mol. The van der Waals surface area contributed by atoms with Gasteiger partial charge in [-0.1, -0.05) is 44.4 Å². The molecule has 108 valence electrons. The van der Waals surface area contributed by atoms with Crippen molar-refractivity contribution in [3.05, 3.63) is 28.8 Å². The van der Waals surface area contributed by atoms with Crippen LogP contribution >= 0.6 is 11.6 Å². The van der Waals surface area contributed by atoms with E-state index in [-0.39, 0.29) is 0 Å². The van der Waals surface area contributed by atoms with Gasteiger partial charge in [-0.25, -0.2) is 0 Å². The van der Waals surface area contributed by atoms with Crippen molar-refractivity contribution in [1.82, 2.24) is 0 Å². The van der Waals surface area contributed by atoms with Gasteiger partial charge in [-0.15, -0.1) is 0 Å². The van der Waals surface area contributed by atoms with Gasteiger partial charge in [0, 0.05) is 23.8 Å². The molecule has 0 amide bonds. The molecule has 0 aliphatic heterocycles. The van der Waals surface area contributed by atoms with Crippen LogP contribution in [-0.2, 0) is 6.42 Å². The lowest BCUT2D eigenvalue weighted by Gasteiger charge is -2.27. The largest absolute Gasteiger partial charge is 0.371 e. The molecule has 0 radical (unpaired) electrons. The molecule has 0 atom stereocenters. The molecule has 1 aromatic rings. The van der Waals surface area contributed by atoms with Crippen LogP contribution < -0.4 is 10.6 Å². The number of halogens is 1. The van der Waals surface area contributed by atoms with E-state index in [4.69, 9.17) is 17.3 Å². The SMILES string of the molecule is CCCCN(CCCC)c1cccc(Cl)c1CCN. The maximum atomic E-state index is 6.34. The van der Waals surface area contributed by atoms with Crippen molar-refractivity contribution >= 4 is 17.3 Å². The standard InChI is InChI=1S/C16H27ClN2/c1-3-5-12-19(13-6-4-2)16-9-7-8-15(17)14(16)10-11-18/h7-9H,3-6,10-13,18H2,1-2H3. The van der Waals surface area contributed by atoms with Gasteiger partial charge >= 0.3 is 0 Å². The van der Waals surface area contributed by atoms with Gasteiger partial charge in [-0.3, -0.25) is 0 Å². The fourth-order valence-electron chi connectivity index (χ4n) is 2.29. The van der Waals surface area contributed by atoms with E-state index in [0.717, 1.165) is 24.5 Å². The summed E-state index contributed by atoms with van der Waals surface area (Å²) in [6.07, 6.45) is 5.73. The summed E-state index contributed by atoms with van der Waals surface area (Å²) in [5.41, 5.74) is 8.21. The van der Waals surface area contributed by atoms with Crippen LogP contribution in [0, 0.1) is 0 Å². The first kappa shape index (κ1) is 16.3. The Bertz CT molecular complexity index is 358. The average Bonchev–Trinajstić information content (AvgIpc) is 2.42. The van der Waals surface area contributed by atoms with Crippen LogP contribution in [0.25, 0.3) is 0 Å². The lowest BCUT2D eigenvalue weighted by molar-refractivity contribution is 0.675. The number of hydrogen-bond donors (Lipinski definition) is 1. The Labute approximate surface area is 122 Å². The van der Waals surface area contributed by atoms with Crippen molar-refractivity contribution in [1.29, 1.82) is 0 Å². The minimum atomic E-state index is 0.645. The van der Waals surface area contributed by atoms with E-state index in [0.29, 0.717) is 6.54 Å². The molecule has 19 heavy (non-hydrogen) atoms. The van der Waals surface area contributed by atoms with Crippen LogP contribution in [0.5, 0.6) is 0 Å². The summed E-state index contributed by atoms with van der Waals surface area (Å²) >= 11 is 6.34. The third-order valence-electron chi connectivity index (χ3n) is 3.39. The number of nitrogens with zero attached hydrogens (tertiary/aromatic N) is 1. The van der Waals surface area contributed by atoms with Crippen LogP contribution in [-0.4, -0.2) is 19.6 Å². The molecule has 2 nitrogen and oxygen atoms in total. The quantitative estimate of drug-likeness (QED) is 0.734. The van der Waals surface area contributed by atoms with Crippen LogP contribution in [0.3, 0.4) is 0 Å². The second-order valence-corrected chi connectivity index (χ2v) is 5.38. The first-order valence-electron chi connectivity index (χ1n) is 7.47. The summed E-state index contributed by atoms with van der Waals surface area (Å²) in [5, 5.41) is 0.848. The van der Waals surface area contributed by atoms with E-state index >= 15 is 0 Å². The Morgan fingerprint density at radius 2 is 1.74 bits per heavy atom. The monoisotopic (exact) mass is 282 g/mol. The molecule has 0 spiro atoms. The molecule has 2 N–H and O–H groups in total. The van der Waals surface area contributed by atoms with Crippen molar-refractivity contribution in [2.75, 3.05) is 24.5 Å². The molecule has 0 heterocycles. The third-order valence-corrected chi connectivity index (χ3v) is 3.75. The number of rotatable bonds is 9.